The predicted octanol–water partition coefficient (Wildman–Crippen LogP) is 1.11. The van der Waals surface area contributed by atoms with E-state index in [2.05, 4.69) is 42.9 Å². The number of nitrogens with one attached hydrogen (secondary N) is 1. The first kappa shape index (κ1) is 17.5. The SMILES string of the molecule is CN=C(NC[C@H]1CCCN1S(C)(=O)=O)N1CC(C)(C)C1(C)C. The van der Waals surface area contributed by atoms with E-state index in [1.54, 1.807) is 11.4 Å². The van der Waals surface area contributed by atoms with Crippen LogP contribution in [0.2, 0.25) is 0 Å². The molecule has 0 bridgehead atoms. The van der Waals surface area contributed by atoms with Crippen molar-refractivity contribution in [3.63, 3.8) is 0 Å². The van der Waals surface area contributed by atoms with Crippen molar-refractivity contribution >= 4 is 16.0 Å². The molecule has 0 spiro atoms. The summed E-state index contributed by atoms with van der Waals surface area (Å²) >= 11 is 0. The molecular weight excluding hydrogens is 300 g/mol. The third kappa shape index (κ3) is 2.97. The normalized spacial score (nSPS) is 28.5. The van der Waals surface area contributed by atoms with E-state index in [-0.39, 0.29) is 17.0 Å². The summed E-state index contributed by atoms with van der Waals surface area (Å²) < 4.78 is 25.2. The van der Waals surface area contributed by atoms with Gasteiger partial charge >= 0.3 is 0 Å². The summed E-state index contributed by atoms with van der Waals surface area (Å²) in [7, 11) is -1.34. The van der Waals surface area contributed by atoms with Gasteiger partial charge in [-0.2, -0.15) is 4.31 Å². The first-order valence-corrected chi connectivity index (χ1v) is 9.80. The van der Waals surface area contributed by atoms with Gasteiger partial charge in [-0.1, -0.05) is 13.8 Å². The van der Waals surface area contributed by atoms with E-state index in [0.717, 1.165) is 25.3 Å². The minimum atomic E-state index is -3.12. The molecule has 0 saturated carbocycles. The van der Waals surface area contributed by atoms with Crippen LogP contribution in [0.4, 0.5) is 0 Å². The van der Waals surface area contributed by atoms with Crippen molar-refractivity contribution in [1.29, 1.82) is 0 Å². The Labute approximate surface area is 135 Å². The highest BCUT2D eigenvalue weighted by Crippen LogP contribution is 2.46. The molecule has 2 aliphatic heterocycles. The largest absolute Gasteiger partial charge is 0.355 e. The van der Waals surface area contributed by atoms with Crippen LogP contribution in [0.1, 0.15) is 40.5 Å². The minimum absolute atomic E-state index is 0.0316. The Morgan fingerprint density at radius 2 is 1.95 bits per heavy atom. The van der Waals surface area contributed by atoms with Gasteiger partial charge in [0.1, 0.15) is 0 Å². The van der Waals surface area contributed by atoms with Crippen LogP contribution in [0.15, 0.2) is 4.99 Å². The molecule has 6 nitrogen and oxygen atoms in total. The van der Waals surface area contributed by atoms with Crippen LogP contribution >= 0.6 is 0 Å². The van der Waals surface area contributed by atoms with Gasteiger partial charge in [0.2, 0.25) is 10.0 Å². The fourth-order valence-electron chi connectivity index (χ4n) is 3.35. The van der Waals surface area contributed by atoms with Gasteiger partial charge in [0.15, 0.2) is 5.96 Å². The summed E-state index contributed by atoms with van der Waals surface area (Å²) in [5.41, 5.74) is 0.289. The zero-order chi connectivity index (χ0) is 16.8. The van der Waals surface area contributed by atoms with Crippen LogP contribution in [0.25, 0.3) is 0 Å². The van der Waals surface area contributed by atoms with Crippen molar-refractivity contribution in [2.45, 2.75) is 52.1 Å². The van der Waals surface area contributed by atoms with Crippen molar-refractivity contribution in [2.24, 2.45) is 10.4 Å². The second-order valence-electron chi connectivity index (χ2n) is 7.63. The van der Waals surface area contributed by atoms with Crippen LogP contribution in [-0.2, 0) is 10.0 Å². The van der Waals surface area contributed by atoms with Gasteiger partial charge in [0.05, 0.1) is 6.26 Å². The van der Waals surface area contributed by atoms with E-state index in [1.165, 1.54) is 6.26 Å². The Morgan fingerprint density at radius 1 is 1.32 bits per heavy atom. The van der Waals surface area contributed by atoms with Crippen LogP contribution < -0.4 is 5.32 Å². The monoisotopic (exact) mass is 330 g/mol. The summed E-state index contributed by atoms with van der Waals surface area (Å²) in [6.45, 7) is 11.2. The molecule has 128 valence electrons. The predicted molar refractivity (Wildman–Crippen MR) is 90.5 cm³/mol. The maximum absolute atomic E-state index is 11.8. The average Bonchev–Trinajstić information content (AvgIpc) is 2.86. The molecule has 1 N–H and O–H groups in total. The molecule has 0 aromatic rings. The van der Waals surface area contributed by atoms with Gasteiger partial charge in [-0.15, -0.1) is 0 Å². The molecule has 0 radical (unpaired) electrons. The second-order valence-corrected chi connectivity index (χ2v) is 9.56. The molecule has 7 heteroatoms. The Morgan fingerprint density at radius 3 is 2.41 bits per heavy atom. The number of hydrogen-bond acceptors (Lipinski definition) is 3. The Kier molecular flexibility index (Phi) is 4.52. The van der Waals surface area contributed by atoms with Crippen LogP contribution in [-0.4, -0.2) is 68.1 Å². The first-order chi connectivity index (χ1) is 10.0. The number of aliphatic imine (C=N–C) groups is 1. The number of nitrogens with zero attached hydrogens (tertiary/aromatic N) is 3. The van der Waals surface area contributed by atoms with Crippen molar-refractivity contribution in [1.82, 2.24) is 14.5 Å². The van der Waals surface area contributed by atoms with E-state index in [4.69, 9.17) is 0 Å². The fourth-order valence-corrected chi connectivity index (χ4v) is 4.54. The molecule has 0 amide bonds. The minimum Gasteiger partial charge on any atom is -0.355 e. The lowest BCUT2D eigenvalue weighted by Crippen LogP contribution is -2.72. The van der Waals surface area contributed by atoms with Crippen LogP contribution in [0.5, 0.6) is 0 Å². The highest BCUT2D eigenvalue weighted by Gasteiger charge is 2.53. The third-order valence-electron chi connectivity index (χ3n) is 5.60. The third-order valence-corrected chi connectivity index (χ3v) is 6.93. The summed E-state index contributed by atoms with van der Waals surface area (Å²) in [6, 6.07) is 0.0316. The maximum Gasteiger partial charge on any atom is 0.211 e. The quantitative estimate of drug-likeness (QED) is 0.622. The van der Waals surface area contributed by atoms with E-state index in [0.29, 0.717) is 13.1 Å². The molecule has 2 rings (SSSR count). The lowest BCUT2D eigenvalue weighted by Gasteiger charge is -2.62. The second kappa shape index (κ2) is 5.67. The van der Waals surface area contributed by atoms with E-state index in [1.807, 2.05) is 0 Å². The first-order valence-electron chi connectivity index (χ1n) is 7.96. The van der Waals surface area contributed by atoms with Crippen molar-refractivity contribution in [3.8, 4) is 0 Å². The van der Waals surface area contributed by atoms with E-state index < -0.39 is 10.0 Å². The molecule has 1 atom stereocenters. The molecule has 2 fully saturated rings. The Balaban J connectivity index is 1.99. The van der Waals surface area contributed by atoms with Gasteiger partial charge in [0, 0.05) is 43.7 Å². The molecule has 0 aromatic heterocycles. The van der Waals surface area contributed by atoms with Crippen LogP contribution in [0.3, 0.4) is 0 Å². The number of guanidine groups is 1. The number of hydrogen-bond donors (Lipinski definition) is 1. The van der Waals surface area contributed by atoms with Crippen molar-refractivity contribution < 1.29 is 8.42 Å². The summed E-state index contributed by atoms with van der Waals surface area (Å²) in [5, 5.41) is 3.38. The highest BCUT2D eigenvalue weighted by molar-refractivity contribution is 7.88. The molecule has 2 aliphatic rings. The standard InChI is InChI=1S/C15H30N4O2S/c1-14(2)11-18(15(14,3)4)13(16-5)17-10-12-8-7-9-19(12)22(6,20)21/h12H,7-11H2,1-6H3,(H,16,17)/t12-/m1/s1. The summed E-state index contributed by atoms with van der Waals surface area (Å²) in [6.07, 6.45) is 3.13. The van der Waals surface area contributed by atoms with Gasteiger partial charge in [-0.3, -0.25) is 4.99 Å². The van der Waals surface area contributed by atoms with Gasteiger partial charge in [0.25, 0.3) is 0 Å². The molecule has 0 aliphatic carbocycles. The van der Waals surface area contributed by atoms with Gasteiger partial charge in [-0.05, 0) is 26.7 Å². The fraction of sp³-hybridized carbons (Fsp3) is 0.933. The molecule has 22 heavy (non-hydrogen) atoms. The number of sulfonamides is 1. The average molecular weight is 330 g/mol. The van der Waals surface area contributed by atoms with Gasteiger partial charge < -0.3 is 10.2 Å². The van der Waals surface area contributed by atoms with Crippen LogP contribution in [0, 0.1) is 5.41 Å². The zero-order valence-electron chi connectivity index (χ0n) is 14.7. The van der Waals surface area contributed by atoms with Crippen molar-refractivity contribution in [3.05, 3.63) is 0 Å². The van der Waals surface area contributed by atoms with Crippen molar-refractivity contribution in [2.75, 3.05) is 32.9 Å². The molecular formula is C15H30N4O2S. The lowest BCUT2D eigenvalue weighted by atomic mass is 9.65. The zero-order valence-corrected chi connectivity index (χ0v) is 15.5. The molecule has 0 unspecified atom stereocenters. The Hall–Kier alpha value is -0.820. The van der Waals surface area contributed by atoms with E-state index >= 15 is 0 Å². The topological polar surface area (TPSA) is 65.0 Å². The number of rotatable bonds is 3. The maximum atomic E-state index is 11.8. The molecule has 0 aromatic carbocycles. The van der Waals surface area contributed by atoms with Gasteiger partial charge in [-0.25, -0.2) is 8.42 Å². The highest BCUT2D eigenvalue weighted by atomic mass is 32.2. The summed E-state index contributed by atoms with van der Waals surface area (Å²) in [4.78, 5) is 6.65. The Bertz CT molecular complexity index is 554. The molecule has 2 heterocycles. The van der Waals surface area contributed by atoms with E-state index in [9.17, 15) is 8.42 Å². The lowest BCUT2D eigenvalue weighted by molar-refractivity contribution is -0.0668. The molecule has 2 saturated heterocycles. The number of likely N-dealkylation sites (tertiary alicyclic amines) is 1. The summed E-state index contributed by atoms with van der Waals surface area (Å²) in [5.74, 6) is 0.865. The smallest absolute Gasteiger partial charge is 0.211 e.